The second-order valence-electron chi connectivity index (χ2n) is 7.18. The van der Waals surface area contributed by atoms with Crippen molar-refractivity contribution in [3.63, 3.8) is 0 Å². The Morgan fingerprint density at radius 3 is 2.67 bits per heavy atom. The maximum atomic E-state index is 12.8. The van der Waals surface area contributed by atoms with Crippen molar-refractivity contribution >= 4 is 11.7 Å². The first-order valence-corrected chi connectivity index (χ1v) is 9.57. The van der Waals surface area contributed by atoms with E-state index in [1.807, 2.05) is 35.2 Å². The molecule has 0 unspecified atom stereocenters. The average Bonchev–Trinajstić information content (AvgIpc) is 2.84. The summed E-state index contributed by atoms with van der Waals surface area (Å²) in [7, 11) is 1.67. The number of hydrogen-bond donors (Lipinski definition) is 1. The zero-order valence-electron chi connectivity index (χ0n) is 16.2. The van der Waals surface area contributed by atoms with Crippen molar-refractivity contribution in [2.45, 2.75) is 32.5 Å². The van der Waals surface area contributed by atoms with Crippen LogP contribution in [0, 0.1) is 0 Å². The third kappa shape index (κ3) is 5.55. The van der Waals surface area contributed by atoms with Gasteiger partial charge >= 0.3 is 6.03 Å². The number of carbonyl (C=O) groups is 1. The summed E-state index contributed by atoms with van der Waals surface area (Å²) in [5, 5.41) is 3.05. The van der Waals surface area contributed by atoms with Gasteiger partial charge in [-0.15, -0.1) is 0 Å². The van der Waals surface area contributed by atoms with Gasteiger partial charge in [-0.2, -0.15) is 0 Å². The van der Waals surface area contributed by atoms with E-state index in [0.717, 1.165) is 43.9 Å². The molecule has 2 amide bonds. The Morgan fingerprint density at radius 1 is 1.11 bits per heavy atom. The Hall–Kier alpha value is -2.37. The molecule has 0 radical (unpaired) electrons. The first-order chi connectivity index (χ1) is 13.2. The molecule has 0 aliphatic carbocycles. The van der Waals surface area contributed by atoms with Crippen LogP contribution in [0.25, 0.3) is 0 Å². The van der Waals surface area contributed by atoms with Gasteiger partial charge < -0.3 is 15.0 Å². The maximum absolute atomic E-state index is 12.8. The van der Waals surface area contributed by atoms with E-state index in [4.69, 9.17) is 4.74 Å². The van der Waals surface area contributed by atoms with Crippen molar-refractivity contribution in [3.05, 3.63) is 65.7 Å². The fourth-order valence-corrected chi connectivity index (χ4v) is 3.64. The summed E-state index contributed by atoms with van der Waals surface area (Å²) in [6.45, 7) is 6.26. The van der Waals surface area contributed by atoms with E-state index in [1.54, 1.807) is 7.11 Å². The molecule has 2 aromatic rings. The Bertz CT molecular complexity index is 735. The zero-order chi connectivity index (χ0) is 19.1. The van der Waals surface area contributed by atoms with E-state index in [1.165, 1.54) is 5.56 Å². The smallest absolute Gasteiger partial charge is 0.322 e. The molecular formula is C22H29N3O2. The number of anilines is 1. The largest absolute Gasteiger partial charge is 0.380 e. The third-order valence-corrected chi connectivity index (χ3v) is 4.93. The molecule has 1 atom stereocenters. The molecular weight excluding hydrogens is 338 g/mol. The second-order valence-corrected chi connectivity index (χ2v) is 7.18. The van der Waals surface area contributed by atoms with Crippen molar-refractivity contribution in [3.8, 4) is 0 Å². The Kier molecular flexibility index (Phi) is 6.85. The number of carbonyl (C=O) groups excluding carboxylic acids is 1. The fourth-order valence-electron chi connectivity index (χ4n) is 3.64. The zero-order valence-corrected chi connectivity index (χ0v) is 16.2. The van der Waals surface area contributed by atoms with E-state index in [-0.39, 0.29) is 12.1 Å². The monoisotopic (exact) mass is 367 g/mol. The van der Waals surface area contributed by atoms with Crippen LogP contribution >= 0.6 is 0 Å². The first-order valence-electron chi connectivity index (χ1n) is 9.57. The number of benzene rings is 2. The number of methoxy groups -OCH3 is 1. The van der Waals surface area contributed by atoms with Crippen LogP contribution < -0.4 is 5.32 Å². The van der Waals surface area contributed by atoms with Crippen LogP contribution in [0.4, 0.5) is 10.5 Å². The van der Waals surface area contributed by atoms with Crippen LogP contribution in [0.1, 0.15) is 24.5 Å². The summed E-state index contributed by atoms with van der Waals surface area (Å²) in [4.78, 5) is 17.2. The van der Waals surface area contributed by atoms with Crippen molar-refractivity contribution in [2.24, 2.45) is 0 Å². The molecule has 5 nitrogen and oxygen atoms in total. The summed E-state index contributed by atoms with van der Waals surface area (Å²) < 4.78 is 5.17. The summed E-state index contributed by atoms with van der Waals surface area (Å²) in [5.41, 5.74) is 3.18. The molecule has 0 spiro atoms. The van der Waals surface area contributed by atoms with Crippen LogP contribution in [0.3, 0.4) is 0 Å². The number of amides is 2. The maximum Gasteiger partial charge on any atom is 0.322 e. The average molecular weight is 367 g/mol. The van der Waals surface area contributed by atoms with Gasteiger partial charge in [0, 0.05) is 45.0 Å². The Labute approximate surface area is 161 Å². The highest BCUT2D eigenvalue weighted by molar-refractivity contribution is 5.89. The number of ether oxygens (including phenoxy) is 1. The predicted octanol–water partition coefficient (Wildman–Crippen LogP) is 3.96. The van der Waals surface area contributed by atoms with Gasteiger partial charge in [-0.05, 0) is 36.6 Å². The van der Waals surface area contributed by atoms with Crippen molar-refractivity contribution in [1.29, 1.82) is 0 Å². The van der Waals surface area contributed by atoms with Gasteiger partial charge in [0.25, 0.3) is 0 Å². The number of urea groups is 1. The molecule has 2 aromatic carbocycles. The minimum Gasteiger partial charge on any atom is -0.380 e. The number of nitrogens with one attached hydrogen (secondary N) is 1. The summed E-state index contributed by atoms with van der Waals surface area (Å²) >= 11 is 0. The van der Waals surface area contributed by atoms with Gasteiger partial charge in [-0.25, -0.2) is 4.79 Å². The van der Waals surface area contributed by atoms with Gasteiger partial charge in [0.15, 0.2) is 0 Å². The molecule has 0 bridgehead atoms. The molecule has 5 heteroatoms. The van der Waals surface area contributed by atoms with E-state index in [0.29, 0.717) is 6.61 Å². The molecule has 1 saturated heterocycles. The van der Waals surface area contributed by atoms with Crippen LogP contribution in [-0.2, 0) is 17.9 Å². The highest BCUT2D eigenvalue weighted by atomic mass is 16.5. The SMILES string of the molecule is COCc1cccc(NC(=O)N2CCCN(Cc3ccccc3)C[C@H]2C)c1. The normalized spacial score (nSPS) is 18.1. The quantitative estimate of drug-likeness (QED) is 0.870. The molecule has 1 heterocycles. The minimum atomic E-state index is -0.0290. The van der Waals surface area contributed by atoms with Crippen LogP contribution in [0.5, 0.6) is 0 Å². The Morgan fingerprint density at radius 2 is 1.89 bits per heavy atom. The highest BCUT2D eigenvalue weighted by Gasteiger charge is 2.25. The molecule has 1 N–H and O–H groups in total. The van der Waals surface area contributed by atoms with Gasteiger partial charge in [-0.3, -0.25) is 4.90 Å². The van der Waals surface area contributed by atoms with Gasteiger partial charge in [-0.1, -0.05) is 42.5 Å². The second kappa shape index (κ2) is 9.53. The summed E-state index contributed by atoms with van der Waals surface area (Å²) in [5.74, 6) is 0. The highest BCUT2D eigenvalue weighted by Crippen LogP contribution is 2.16. The first kappa shape index (κ1) is 19.4. The summed E-state index contributed by atoms with van der Waals surface area (Å²) in [6, 6.07) is 18.5. The Balaban J connectivity index is 1.59. The molecule has 27 heavy (non-hydrogen) atoms. The predicted molar refractivity (Wildman–Crippen MR) is 109 cm³/mol. The van der Waals surface area contributed by atoms with E-state index in [2.05, 4.69) is 41.4 Å². The number of rotatable bonds is 5. The third-order valence-electron chi connectivity index (χ3n) is 4.93. The molecule has 0 aromatic heterocycles. The van der Waals surface area contributed by atoms with Crippen LogP contribution in [0.2, 0.25) is 0 Å². The minimum absolute atomic E-state index is 0.0290. The van der Waals surface area contributed by atoms with Crippen molar-refractivity contribution < 1.29 is 9.53 Å². The number of hydrogen-bond acceptors (Lipinski definition) is 3. The standard InChI is InChI=1S/C22H29N3O2/c1-18-15-24(16-19-8-4-3-5-9-19)12-7-13-25(18)22(26)23-21-11-6-10-20(14-21)17-27-2/h3-6,8-11,14,18H,7,12-13,15-17H2,1-2H3,(H,23,26)/t18-/m1/s1. The van der Waals surface area contributed by atoms with Gasteiger partial charge in [0.2, 0.25) is 0 Å². The van der Waals surface area contributed by atoms with E-state index in [9.17, 15) is 4.79 Å². The van der Waals surface area contributed by atoms with Crippen molar-refractivity contribution in [2.75, 3.05) is 32.1 Å². The molecule has 3 rings (SSSR count). The van der Waals surface area contributed by atoms with Gasteiger partial charge in [0.05, 0.1) is 6.61 Å². The molecule has 144 valence electrons. The van der Waals surface area contributed by atoms with Crippen LogP contribution in [0.15, 0.2) is 54.6 Å². The van der Waals surface area contributed by atoms with Crippen molar-refractivity contribution in [1.82, 2.24) is 9.80 Å². The topological polar surface area (TPSA) is 44.8 Å². The molecule has 0 saturated carbocycles. The fraction of sp³-hybridized carbons (Fsp3) is 0.409. The molecule has 1 aliphatic rings. The lowest BCUT2D eigenvalue weighted by Crippen LogP contribution is -2.44. The summed E-state index contributed by atoms with van der Waals surface area (Å²) in [6.07, 6.45) is 0.980. The van der Waals surface area contributed by atoms with Gasteiger partial charge in [0.1, 0.15) is 0 Å². The van der Waals surface area contributed by atoms with E-state index < -0.39 is 0 Å². The lowest BCUT2D eigenvalue weighted by molar-refractivity contribution is 0.184. The van der Waals surface area contributed by atoms with Crippen LogP contribution in [-0.4, -0.2) is 48.6 Å². The molecule has 1 aliphatic heterocycles. The van der Waals surface area contributed by atoms with E-state index >= 15 is 0 Å². The lowest BCUT2D eigenvalue weighted by atomic mass is 10.2. The lowest BCUT2D eigenvalue weighted by Gasteiger charge is -2.29. The molecule has 1 fully saturated rings. The number of nitrogens with zero attached hydrogens (tertiary/aromatic N) is 2.